The lowest BCUT2D eigenvalue weighted by molar-refractivity contribution is 0.144. The lowest BCUT2D eigenvalue weighted by atomic mass is 10.1. The van der Waals surface area contributed by atoms with Gasteiger partial charge in [-0.25, -0.2) is 9.48 Å². The van der Waals surface area contributed by atoms with Crippen molar-refractivity contribution in [3.63, 3.8) is 0 Å². The molecule has 24 heavy (non-hydrogen) atoms. The van der Waals surface area contributed by atoms with E-state index in [-0.39, 0.29) is 5.75 Å². The summed E-state index contributed by atoms with van der Waals surface area (Å²) < 4.78 is 13.1. The fraction of sp³-hybridized carbons (Fsp3) is 0.188. The Kier molecular flexibility index (Phi) is 4.18. The number of carbonyl (C=O) groups is 1. The maximum absolute atomic E-state index is 10.6. The van der Waals surface area contributed by atoms with Crippen LogP contribution in [0.5, 0.6) is 5.75 Å². The van der Waals surface area contributed by atoms with E-state index in [0.29, 0.717) is 24.4 Å². The van der Waals surface area contributed by atoms with Gasteiger partial charge in [0.15, 0.2) is 5.75 Å². The van der Waals surface area contributed by atoms with Crippen LogP contribution in [0.1, 0.15) is 5.56 Å². The van der Waals surface area contributed by atoms with Gasteiger partial charge in [-0.15, -0.1) is 0 Å². The highest BCUT2D eigenvalue weighted by atomic mass is 16.7. The van der Waals surface area contributed by atoms with Gasteiger partial charge in [0.2, 0.25) is 0 Å². The minimum absolute atomic E-state index is 0.126. The molecule has 3 aromatic rings. The van der Waals surface area contributed by atoms with E-state index in [4.69, 9.17) is 9.84 Å². The smallest absolute Gasteiger partial charge is 0.449 e. The molecule has 0 spiro atoms. The third-order valence-electron chi connectivity index (χ3n) is 3.55. The van der Waals surface area contributed by atoms with Crippen molar-refractivity contribution in [3.8, 4) is 17.5 Å². The largest absolute Gasteiger partial charge is 0.511 e. The molecule has 8 nitrogen and oxygen atoms in total. The number of methoxy groups -OCH3 is 1. The lowest BCUT2D eigenvalue weighted by Crippen LogP contribution is -2.02. The van der Waals surface area contributed by atoms with Crippen LogP contribution >= 0.6 is 0 Å². The molecule has 0 unspecified atom stereocenters. The number of ether oxygens (including phenoxy) is 2. The van der Waals surface area contributed by atoms with Crippen LogP contribution in [0.3, 0.4) is 0 Å². The summed E-state index contributed by atoms with van der Waals surface area (Å²) in [7, 11) is 1.63. The zero-order valence-corrected chi connectivity index (χ0v) is 12.8. The summed E-state index contributed by atoms with van der Waals surface area (Å²) in [4.78, 5) is 10.6. The first-order valence-corrected chi connectivity index (χ1v) is 7.10. The molecule has 0 saturated carbocycles. The number of nitrogens with zero attached hydrogens (tertiary/aromatic N) is 4. The van der Waals surface area contributed by atoms with Crippen LogP contribution in [0.2, 0.25) is 0 Å². The van der Waals surface area contributed by atoms with Crippen LogP contribution in [0.4, 0.5) is 4.79 Å². The summed E-state index contributed by atoms with van der Waals surface area (Å²) in [6.45, 7) is 1.19. The van der Waals surface area contributed by atoms with Gasteiger partial charge in [-0.05, 0) is 18.2 Å². The first-order chi connectivity index (χ1) is 11.6. The second kappa shape index (κ2) is 6.44. The normalized spacial score (nSPS) is 10.7. The van der Waals surface area contributed by atoms with Crippen molar-refractivity contribution in [1.82, 2.24) is 14.3 Å². The van der Waals surface area contributed by atoms with Crippen molar-refractivity contribution >= 4 is 17.1 Å². The van der Waals surface area contributed by atoms with Crippen LogP contribution in [-0.2, 0) is 11.3 Å². The Bertz CT molecular complexity index is 935. The highest BCUT2D eigenvalue weighted by molar-refractivity contribution is 5.88. The summed E-state index contributed by atoms with van der Waals surface area (Å²) in [5.41, 5.74) is 2.17. The SMILES string of the molecule is COCCn1cc(C#N)c2cc(-n3cc(OC(=O)O)cn3)ccc21. The monoisotopic (exact) mass is 326 g/mol. The molecule has 0 amide bonds. The first-order valence-electron chi connectivity index (χ1n) is 7.10. The molecule has 122 valence electrons. The van der Waals surface area contributed by atoms with Crippen molar-refractivity contribution in [2.75, 3.05) is 13.7 Å². The molecule has 3 rings (SSSR count). The maximum Gasteiger partial charge on any atom is 0.511 e. The Balaban J connectivity index is 2.00. The molecule has 0 saturated heterocycles. The highest BCUT2D eigenvalue weighted by Crippen LogP contribution is 2.24. The van der Waals surface area contributed by atoms with Gasteiger partial charge in [0.25, 0.3) is 0 Å². The van der Waals surface area contributed by atoms with Crippen molar-refractivity contribution in [2.45, 2.75) is 6.54 Å². The van der Waals surface area contributed by atoms with Gasteiger partial charge in [-0.3, -0.25) is 0 Å². The van der Waals surface area contributed by atoms with E-state index in [0.717, 1.165) is 10.9 Å². The van der Waals surface area contributed by atoms with Crippen LogP contribution in [0, 0.1) is 11.3 Å². The van der Waals surface area contributed by atoms with Gasteiger partial charge < -0.3 is 19.1 Å². The summed E-state index contributed by atoms with van der Waals surface area (Å²) in [6.07, 6.45) is 3.17. The zero-order chi connectivity index (χ0) is 17.1. The Hall–Kier alpha value is -3.31. The minimum atomic E-state index is -1.40. The molecule has 8 heteroatoms. The van der Waals surface area contributed by atoms with Crippen LogP contribution in [0.15, 0.2) is 36.8 Å². The Morgan fingerprint density at radius 2 is 2.25 bits per heavy atom. The van der Waals surface area contributed by atoms with Gasteiger partial charge in [0, 0.05) is 30.8 Å². The average molecular weight is 326 g/mol. The van der Waals surface area contributed by atoms with Crippen LogP contribution in [0.25, 0.3) is 16.6 Å². The molecule has 0 aliphatic heterocycles. The topological polar surface area (TPSA) is 102 Å². The average Bonchev–Trinajstić information content (AvgIpc) is 3.16. The Labute approximate surface area is 137 Å². The van der Waals surface area contributed by atoms with Crippen molar-refractivity contribution in [3.05, 3.63) is 42.4 Å². The third kappa shape index (κ3) is 2.93. The Morgan fingerprint density at radius 3 is 2.96 bits per heavy atom. The summed E-state index contributed by atoms with van der Waals surface area (Å²) in [6, 6.07) is 7.74. The second-order valence-electron chi connectivity index (χ2n) is 5.03. The van der Waals surface area contributed by atoms with E-state index in [1.165, 1.54) is 17.1 Å². The fourth-order valence-corrected chi connectivity index (χ4v) is 2.49. The van der Waals surface area contributed by atoms with Crippen LogP contribution < -0.4 is 4.74 Å². The molecule has 1 N–H and O–H groups in total. The Morgan fingerprint density at radius 1 is 1.42 bits per heavy atom. The maximum atomic E-state index is 10.6. The number of rotatable bonds is 5. The lowest BCUT2D eigenvalue weighted by Gasteiger charge is -2.05. The molecule has 2 heterocycles. The van der Waals surface area contributed by atoms with Gasteiger partial charge in [0.05, 0.1) is 30.3 Å². The van der Waals surface area contributed by atoms with Crippen molar-refractivity contribution in [1.29, 1.82) is 5.26 Å². The summed E-state index contributed by atoms with van der Waals surface area (Å²) >= 11 is 0. The van der Waals surface area contributed by atoms with Gasteiger partial charge >= 0.3 is 6.16 Å². The third-order valence-corrected chi connectivity index (χ3v) is 3.55. The second-order valence-corrected chi connectivity index (χ2v) is 5.03. The van der Waals surface area contributed by atoms with Crippen molar-refractivity contribution in [2.24, 2.45) is 0 Å². The molecule has 2 aromatic heterocycles. The van der Waals surface area contributed by atoms with E-state index >= 15 is 0 Å². The standard InChI is InChI=1S/C16H14N4O4/c1-23-5-4-19-9-11(7-17)14-6-12(2-3-15(14)19)20-10-13(8-18-20)24-16(21)22/h2-3,6,8-10H,4-5H2,1H3,(H,21,22). The molecule has 0 bridgehead atoms. The number of fused-ring (bicyclic) bond motifs is 1. The number of hydrogen-bond donors (Lipinski definition) is 1. The molecule has 0 radical (unpaired) electrons. The molecular weight excluding hydrogens is 312 g/mol. The molecule has 0 fully saturated rings. The predicted molar refractivity (Wildman–Crippen MR) is 84.3 cm³/mol. The minimum Gasteiger partial charge on any atom is -0.449 e. The van der Waals surface area contributed by atoms with E-state index in [1.54, 1.807) is 13.3 Å². The highest BCUT2D eigenvalue weighted by Gasteiger charge is 2.11. The van der Waals surface area contributed by atoms with Crippen LogP contribution in [-0.4, -0.2) is 39.3 Å². The molecule has 1 aromatic carbocycles. The molecule has 0 atom stereocenters. The van der Waals surface area contributed by atoms with Gasteiger partial charge in [-0.2, -0.15) is 10.4 Å². The number of aromatic nitrogens is 3. The molecule has 0 aliphatic rings. The summed E-state index contributed by atoms with van der Waals surface area (Å²) in [5.74, 6) is 0.126. The number of benzene rings is 1. The van der Waals surface area contributed by atoms with E-state index in [2.05, 4.69) is 15.9 Å². The molecular formula is C16H14N4O4. The van der Waals surface area contributed by atoms with Gasteiger partial charge in [0.1, 0.15) is 6.07 Å². The van der Waals surface area contributed by atoms with E-state index in [9.17, 15) is 10.1 Å². The van der Waals surface area contributed by atoms with Gasteiger partial charge in [-0.1, -0.05) is 0 Å². The number of carboxylic acid groups (broad SMARTS) is 1. The van der Waals surface area contributed by atoms with E-state index in [1.807, 2.05) is 22.8 Å². The first kappa shape index (κ1) is 15.6. The zero-order valence-electron chi connectivity index (χ0n) is 12.8. The number of nitriles is 1. The summed E-state index contributed by atoms with van der Waals surface area (Å²) in [5, 5.41) is 22.8. The quantitative estimate of drug-likeness (QED) is 0.722. The molecule has 0 aliphatic carbocycles. The predicted octanol–water partition coefficient (Wildman–Crippen LogP) is 2.40. The fourth-order valence-electron chi connectivity index (χ4n) is 2.49. The van der Waals surface area contributed by atoms with Crippen molar-refractivity contribution < 1.29 is 19.4 Å². The van der Waals surface area contributed by atoms with E-state index < -0.39 is 6.16 Å². The number of hydrogen-bond acceptors (Lipinski definition) is 5.